The Morgan fingerprint density at radius 1 is 1.30 bits per heavy atom. The summed E-state index contributed by atoms with van der Waals surface area (Å²) in [5.41, 5.74) is 1.38. The van der Waals surface area contributed by atoms with E-state index in [1.54, 1.807) is 18.5 Å². The summed E-state index contributed by atoms with van der Waals surface area (Å²) in [6.45, 7) is 3.46. The number of nitrogens with zero attached hydrogens (tertiary/aromatic N) is 6. The number of carbonyl (C=O) groups is 1. The second-order valence-electron chi connectivity index (χ2n) is 4.63. The van der Waals surface area contributed by atoms with Gasteiger partial charge in [0.2, 0.25) is 5.16 Å². The largest absolute Gasteiger partial charge is 0.478 e. The highest BCUT2D eigenvalue weighted by Crippen LogP contribution is 2.38. The van der Waals surface area contributed by atoms with Gasteiger partial charge in [-0.3, -0.25) is 0 Å². The molecule has 2 aromatic heterocycles. The van der Waals surface area contributed by atoms with Crippen molar-refractivity contribution in [1.29, 1.82) is 0 Å². The molecule has 0 aliphatic heterocycles. The second kappa shape index (κ2) is 4.82. The molecule has 2 aromatic rings. The van der Waals surface area contributed by atoms with Crippen LogP contribution >= 0.6 is 11.8 Å². The van der Waals surface area contributed by atoms with Gasteiger partial charge in [-0.25, -0.2) is 9.48 Å². The quantitative estimate of drug-likeness (QED) is 0.897. The molecule has 0 saturated heterocycles. The number of carboxylic acids is 1. The van der Waals surface area contributed by atoms with E-state index in [0.29, 0.717) is 27.5 Å². The molecule has 0 bridgehead atoms. The predicted molar refractivity (Wildman–Crippen MR) is 68.7 cm³/mol. The first kappa shape index (κ1) is 13.0. The molecule has 1 saturated carbocycles. The summed E-state index contributed by atoms with van der Waals surface area (Å²) >= 11 is 1.14. The molecule has 8 nitrogen and oxygen atoms in total. The normalized spacial score (nSPS) is 14.5. The van der Waals surface area contributed by atoms with Crippen LogP contribution in [-0.4, -0.2) is 41.5 Å². The van der Waals surface area contributed by atoms with Gasteiger partial charge >= 0.3 is 5.97 Å². The number of tetrazole rings is 1. The van der Waals surface area contributed by atoms with Crippen molar-refractivity contribution in [3.63, 3.8) is 0 Å². The van der Waals surface area contributed by atoms with Crippen LogP contribution in [0.2, 0.25) is 0 Å². The van der Waals surface area contributed by atoms with E-state index in [2.05, 4.69) is 25.7 Å². The molecule has 20 heavy (non-hydrogen) atoms. The lowest BCUT2D eigenvalue weighted by atomic mass is 10.1. The summed E-state index contributed by atoms with van der Waals surface area (Å²) in [7, 11) is 0. The lowest BCUT2D eigenvalue weighted by molar-refractivity contribution is 0.0690. The van der Waals surface area contributed by atoms with Gasteiger partial charge in [0.1, 0.15) is 5.03 Å². The topological polar surface area (TPSA) is 107 Å². The van der Waals surface area contributed by atoms with Crippen molar-refractivity contribution in [2.24, 2.45) is 0 Å². The van der Waals surface area contributed by atoms with Crippen molar-refractivity contribution in [2.45, 2.75) is 42.9 Å². The molecule has 0 atom stereocenters. The molecule has 2 heterocycles. The van der Waals surface area contributed by atoms with Gasteiger partial charge in [0, 0.05) is 0 Å². The first-order valence-electron chi connectivity index (χ1n) is 6.11. The minimum Gasteiger partial charge on any atom is -0.478 e. The number of carboxylic acid groups (broad SMARTS) is 1. The molecule has 0 spiro atoms. The first-order chi connectivity index (χ1) is 9.58. The Morgan fingerprint density at radius 3 is 2.70 bits per heavy atom. The minimum absolute atomic E-state index is 0.160. The summed E-state index contributed by atoms with van der Waals surface area (Å²) < 4.78 is 1.72. The Bertz CT molecular complexity index is 682. The third-order valence-corrected chi connectivity index (χ3v) is 4.11. The number of aromatic carboxylic acids is 1. The highest BCUT2D eigenvalue weighted by molar-refractivity contribution is 7.99. The number of hydrogen-bond acceptors (Lipinski definition) is 7. The van der Waals surface area contributed by atoms with Crippen molar-refractivity contribution < 1.29 is 9.90 Å². The molecule has 9 heteroatoms. The van der Waals surface area contributed by atoms with Crippen LogP contribution in [0.15, 0.2) is 10.2 Å². The molecule has 1 fully saturated rings. The van der Waals surface area contributed by atoms with Crippen molar-refractivity contribution in [1.82, 2.24) is 30.4 Å². The molecule has 1 aliphatic rings. The van der Waals surface area contributed by atoms with Gasteiger partial charge in [0.15, 0.2) is 0 Å². The fourth-order valence-corrected chi connectivity index (χ4v) is 2.75. The molecule has 3 rings (SSSR count). The second-order valence-corrected chi connectivity index (χ2v) is 5.59. The standard InChI is InChI=1S/C11H12N6O2S/c1-5-6(2)12-13-9(8(5)10(18)19)20-11-14-15-16-17(11)7-3-4-7/h7H,3-4H2,1-2H3,(H,18,19). The Morgan fingerprint density at radius 2 is 2.05 bits per heavy atom. The lowest BCUT2D eigenvalue weighted by Crippen LogP contribution is -2.09. The van der Waals surface area contributed by atoms with E-state index in [-0.39, 0.29) is 5.56 Å². The van der Waals surface area contributed by atoms with Crippen LogP contribution in [0.25, 0.3) is 0 Å². The minimum atomic E-state index is -1.02. The SMILES string of the molecule is Cc1nnc(Sc2nnnn2C2CC2)c(C(=O)O)c1C. The van der Waals surface area contributed by atoms with Gasteiger partial charge in [-0.15, -0.1) is 10.2 Å². The van der Waals surface area contributed by atoms with Gasteiger partial charge in [-0.2, -0.15) is 5.10 Å². The molecule has 0 amide bonds. The van der Waals surface area contributed by atoms with Crippen LogP contribution in [0.1, 0.15) is 40.5 Å². The van der Waals surface area contributed by atoms with E-state index in [1.165, 1.54) is 0 Å². The number of aromatic nitrogens is 6. The van der Waals surface area contributed by atoms with Crippen LogP contribution in [0.3, 0.4) is 0 Å². The number of hydrogen-bond donors (Lipinski definition) is 1. The fraction of sp³-hybridized carbons (Fsp3) is 0.455. The van der Waals surface area contributed by atoms with Crippen LogP contribution in [-0.2, 0) is 0 Å². The summed E-state index contributed by atoms with van der Waals surface area (Å²) in [5, 5.41) is 29.7. The van der Waals surface area contributed by atoms with Gasteiger partial charge in [-0.1, -0.05) is 0 Å². The molecule has 1 N–H and O–H groups in total. The number of aryl methyl sites for hydroxylation is 1. The third-order valence-electron chi connectivity index (χ3n) is 3.18. The third kappa shape index (κ3) is 2.24. The summed E-state index contributed by atoms with van der Waals surface area (Å²) in [4.78, 5) is 11.4. The van der Waals surface area contributed by atoms with Crippen molar-refractivity contribution in [3.05, 3.63) is 16.8 Å². The van der Waals surface area contributed by atoms with Crippen LogP contribution < -0.4 is 0 Å². The maximum atomic E-state index is 11.4. The zero-order chi connectivity index (χ0) is 14.3. The molecule has 0 aromatic carbocycles. The van der Waals surface area contributed by atoms with Crippen molar-refractivity contribution in [2.75, 3.05) is 0 Å². The predicted octanol–water partition coefficient (Wildman–Crippen LogP) is 1.26. The molecular weight excluding hydrogens is 280 g/mol. The Labute approximate surface area is 118 Å². The van der Waals surface area contributed by atoms with Gasteiger partial charge in [-0.05, 0) is 54.4 Å². The Kier molecular flexibility index (Phi) is 3.13. The maximum absolute atomic E-state index is 11.4. The zero-order valence-corrected chi connectivity index (χ0v) is 11.8. The molecule has 1 aliphatic carbocycles. The van der Waals surface area contributed by atoms with Crippen LogP contribution in [0.5, 0.6) is 0 Å². The molecular formula is C11H12N6O2S. The van der Waals surface area contributed by atoms with Crippen LogP contribution in [0.4, 0.5) is 0 Å². The van der Waals surface area contributed by atoms with Crippen molar-refractivity contribution >= 4 is 17.7 Å². The van der Waals surface area contributed by atoms with E-state index < -0.39 is 5.97 Å². The van der Waals surface area contributed by atoms with E-state index in [1.807, 2.05) is 0 Å². The van der Waals surface area contributed by atoms with Crippen LogP contribution in [0, 0.1) is 13.8 Å². The zero-order valence-electron chi connectivity index (χ0n) is 10.9. The van der Waals surface area contributed by atoms with Gasteiger partial charge in [0.05, 0.1) is 17.3 Å². The van der Waals surface area contributed by atoms with Gasteiger partial charge < -0.3 is 5.11 Å². The molecule has 104 valence electrons. The van der Waals surface area contributed by atoms with Gasteiger partial charge in [0.25, 0.3) is 0 Å². The van der Waals surface area contributed by atoms with E-state index in [9.17, 15) is 9.90 Å². The average Bonchev–Trinajstić information content (AvgIpc) is 3.14. The van der Waals surface area contributed by atoms with E-state index in [0.717, 1.165) is 24.6 Å². The summed E-state index contributed by atoms with van der Waals surface area (Å²) in [5.74, 6) is -1.02. The van der Waals surface area contributed by atoms with Crippen molar-refractivity contribution in [3.8, 4) is 0 Å². The Hall–Kier alpha value is -2.03. The summed E-state index contributed by atoms with van der Waals surface area (Å²) in [6.07, 6.45) is 2.09. The Balaban J connectivity index is 2.00. The maximum Gasteiger partial charge on any atom is 0.338 e. The highest BCUT2D eigenvalue weighted by Gasteiger charge is 2.29. The highest BCUT2D eigenvalue weighted by atomic mass is 32.2. The average molecular weight is 292 g/mol. The summed E-state index contributed by atoms with van der Waals surface area (Å²) in [6, 6.07) is 0.320. The van der Waals surface area contributed by atoms with E-state index >= 15 is 0 Å². The smallest absolute Gasteiger partial charge is 0.338 e. The van der Waals surface area contributed by atoms with E-state index in [4.69, 9.17) is 0 Å². The lowest BCUT2D eigenvalue weighted by Gasteiger charge is -2.08. The first-order valence-corrected chi connectivity index (χ1v) is 6.92. The fourth-order valence-electron chi connectivity index (χ4n) is 1.80. The monoisotopic (exact) mass is 292 g/mol. The molecule has 0 radical (unpaired) electrons. The number of rotatable bonds is 4. The molecule has 0 unspecified atom stereocenters.